The molecule has 51 heavy (non-hydrogen) atoms. The molecule has 2 N–H and O–H groups in total. The van der Waals surface area contributed by atoms with Gasteiger partial charge >= 0.3 is 19.8 Å². The molecule has 0 spiro atoms. The molecule has 0 aliphatic carbocycles. The summed E-state index contributed by atoms with van der Waals surface area (Å²) in [6.07, 6.45) is 47.6. The van der Waals surface area contributed by atoms with Gasteiger partial charge in [0, 0.05) is 12.8 Å². The molecule has 9 heteroatoms. The van der Waals surface area contributed by atoms with E-state index < -0.39 is 32.5 Å². The summed E-state index contributed by atoms with van der Waals surface area (Å²) >= 11 is 0. The number of rotatable bonds is 35. The molecule has 0 bridgehead atoms. The van der Waals surface area contributed by atoms with E-state index in [1.807, 2.05) is 0 Å². The number of hydrogen-bond donors (Lipinski definition) is 2. The average Bonchev–Trinajstić information content (AvgIpc) is 3.10. The van der Waals surface area contributed by atoms with Crippen molar-refractivity contribution in [2.45, 2.75) is 168 Å². The highest BCUT2D eigenvalue weighted by Gasteiger charge is 2.22. The topological polar surface area (TPSA) is 119 Å². The van der Waals surface area contributed by atoms with Gasteiger partial charge in [0.2, 0.25) is 0 Å². The van der Waals surface area contributed by atoms with Gasteiger partial charge in [-0.3, -0.25) is 14.1 Å². The van der Waals surface area contributed by atoms with E-state index >= 15 is 0 Å². The molecule has 0 aromatic carbocycles. The number of phosphoric acid groups is 1. The number of ether oxygens (including phenoxy) is 2. The summed E-state index contributed by atoms with van der Waals surface area (Å²) in [6.45, 7) is 3.56. The van der Waals surface area contributed by atoms with Crippen molar-refractivity contribution in [1.29, 1.82) is 0 Å². The Morgan fingerprint density at radius 1 is 0.510 bits per heavy atom. The van der Waals surface area contributed by atoms with Crippen molar-refractivity contribution in [3.05, 3.63) is 72.9 Å². The van der Waals surface area contributed by atoms with Gasteiger partial charge in [-0.2, -0.15) is 0 Å². The summed E-state index contributed by atoms with van der Waals surface area (Å²) in [5.74, 6) is -0.944. The van der Waals surface area contributed by atoms with E-state index in [2.05, 4.69) is 91.3 Å². The summed E-state index contributed by atoms with van der Waals surface area (Å²) in [4.78, 5) is 42.7. The third-order valence-electron chi connectivity index (χ3n) is 7.95. The lowest BCUT2D eigenvalue weighted by Crippen LogP contribution is -2.29. The first kappa shape index (κ1) is 48.5. The fourth-order valence-electron chi connectivity index (χ4n) is 4.96. The molecular weight excluding hydrogens is 663 g/mol. The second-order valence-corrected chi connectivity index (χ2v) is 14.1. The molecule has 1 atom stereocenters. The largest absolute Gasteiger partial charge is 0.469 e. The van der Waals surface area contributed by atoms with Crippen molar-refractivity contribution >= 4 is 19.8 Å². The van der Waals surface area contributed by atoms with Crippen molar-refractivity contribution in [2.24, 2.45) is 0 Å². The lowest BCUT2D eigenvalue weighted by molar-refractivity contribution is -0.161. The Labute approximate surface area is 310 Å². The molecule has 0 aromatic rings. The third kappa shape index (κ3) is 40.1. The van der Waals surface area contributed by atoms with Gasteiger partial charge in [-0.25, -0.2) is 4.57 Å². The van der Waals surface area contributed by atoms with E-state index in [1.165, 1.54) is 38.5 Å². The molecule has 0 aromatic heterocycles. The zero-order chi connectivity index (χ0) is 37.5. The standard InChI is InChI=1S/C42H71O8P/c1-3-5-7-9-11-13-15-17-19-20-21-22-23-25-26-28-30-32-34-36-41(43)48-38-40(39-49-51(45,46)47)50-42(44)37-35-33-31-29-27-24-18-16-14-12-10-8-6-4-2/h10-13,16-19,21-22,25-26,40H,3-9,14-15,20,23-24,27-39H2,1-2H3,(H2,45,46,47)/b12-10-,13-11-,18-16-,19-17-,22-21-,26-25-/t40-/m1/s1. The minimum Gasteiger partial charge on any atom is -0.462 e. The van der Waals surface area contributed by atoms with Crippen LogP contribution >= 0.6 is 7.82 Å². The number of carbonyl (C=O) groups is 2. The van der Waals surface area contributed by atoms with Crippen LogP contribution in [-0.4, -0.2) is 41.0 Å². The first-order valence-electron chi connectivity index (χ1n) is 19.7. The van der Waals surface area contributed by atoms with Gasteiger partial charge in [0.25, 0.3) is 0 Å². The van der Waals surface area contributed by atoms with E-state index in [9.17, 15) is 14.2 Å². The summed E-state index contributed by atoms with van der Waals surface area (Å²) < 4.78 is 26.3. The van der Waals surface area contributed by atoms with Crippen LogP contribution in [0, 0.1) is 0 Å². The highest BCUT2D eigenvalue weighted by molar-refractivity contribution is 7.46. The lowest BCUT2D eigenvalue weighted by Gasteiger charge is -2.18. The molecule has 0 aliphatic heterocycles. The van der Waals surface area contributed by atoms with Gasteiger partial charge in [0.15, 0.2) is 6.10 Å². The number of esters is 2. The molecule has 0 amide bonds. The summed E-state index contributed by atoms with van der Waals surface area (Å²) in [6, 6.07) is 0. The molecule has 0 saturated heterocycles. The number of carbonyl (C=O) groups excluding carboxylic acids is 2. The van der Waals surface area contributed by atoms with Crippen LogP contribution in [0.2, 0.25) is 0 Å². The van der Waals surface area contributed by atoms with Gasteiger partial charge < -0.3 is 19.3 Å². The molecule has 0 heterocycles. The molecule has 0 saturated carbocycles. The van der Waals surface area contributed by atoms with Gasteiger partial charge in [-0.05, 0) is 83.5 Å². The maximum absolute atomic E-state index is 12.4. The molecule has 0 aliphatic rings. The minimum atomic E-state index is -4.77. The Morgan fingerprint density at radius 3 is 1.39 bits per heavy atom. The first-order valence-corrected chi connectivity index (χ1v) is 21.3. The Morgan fingerprint density at radius 2 is 0.902 bits per heavy atom. The molecular formula is C42H71O8P. The van der Waals surface area contributed by atoms with Crippen LogP contribution in [0.3, 0.4) is 0 Å². The van der Waals surface area contributed by atoms with Crippen LogP contribution in [0.4, 0.5) is 0 Å². The number of unbranched alkanes of at least 4 members (excludes halogenated alkanes) is 13. The summed E-state index contributed by atoms with van der Waals surface area (Å²) in [7, 11) is -4.77. The monoisotopic (exact) mass is 734 g/mol. The van der Waals surface area contributed by atoms with E-state index in [1.54, 1.807) is 0 Å². The first-order chi connectivity index (χ1) is 24.8. The van der Waals surface area contributed by atoms with E-state index in [0.717, 1.165) is 83.5 Å². The normalized spacial score (nSPS) is 13.3. The quantitative estimate of drug-likeness (QED) is 0.0286. The number of hydrogen-bond acceptors (Lipinski definition) is 6. The zero-order valence-corrected chi connectivity index (χ0v) is 32.9. The molecule has 8 nitrogen and oxygen atoms in total. The smallest absolute Gasteiger partial charge is 0.462 e. The van der Waals surface area contributed by atoms with Crippen molar-refractivity contribution in [3.63, 3.8) is 0 Å². The molecule has 292 valence electrons. The molecule has 0 radical (unpaired) electrons. The maximum Gasteiger partial charge on any atom is 0.469 e. The molecule has 0 rings (SSSR count). The third-order valence-corrected chi connectivity index (χ3v) is 8.43. The SMILES string of the molecule is CCCC/C=C\C/C=C\CCCCCCCC(=O)O[C@H](COC(=O)CCCCC/C=C\C/C=C\C/C=C\C/C=C\CCCCC)COP(=O)(O)O. The van der Waals surface area contributed by atoms with Gasteiger partial charge in [-0.1, -0.05) is 138 Å². The highest BCUT2D eigenvalue weighted by atomic mass is 31.2. The van der Waals surface area contributed by atoms with E-state index in [4.69, 9.17) is 19.3 Å². The van der Waals surface area contributed by atoms with Crippen LogP contribution in [-0.2, 0) is 28.2 Å². The average molecular weight is 735 g/mol. The summed E-state index contributed by atoms with van der Waals surface area (Å²) in [5, 5.41) is 0. The van der Waals surface area contributed by atoms with Crippen LogP contribution < -0.4 is 0 Å². The second kappa shape index (κ2) is 37.3. The summed E-state index contributed by atoms with van der Waals surface area (Å²) in [5.41, 5.74) is 0. The number of allylic oxidation sites excluding steroid dienone is 12. The lowest BCUT2D eigenvalue weighted by atomic mass is 10.1. The fraction of sp³-hybridized carbons (Fsp3) is 0.667. The minimum absolute atomic E-state index is 0.185. The van der Waals surface area contributed by atoms with E-state index in [0.29, 0.717) is 12.8 Å². The predicted octanol–water partition coefficient (Wildman–Crippen LogP) is 11.9. The predicted molar refractivity (Wildman–Crippen MR) is 211 cm³/mol. The van der Waals surface area contributed by atoms with Crippen LogP contribution in [0.15, 0.2) is 72.9 Å². The van der Waals surface area contributed by atoms with Crippen LogP contribution in [0.25, 0.3) is 0 Å². The van der Waals surface area contributed by atoms with Gasteiger partial charge in [0.1, 0.15) is 6.61 Å². The Hall–Kier alpha value is -2.51. The fourth-order valence-corrected chi connectivity index (χ4v) is 5.32. The zero-order valence-electron chi connectivity index (χ0n) is 32.0. The van der Waals surface area contributed by atoms with Crippen LogP contribution in [0.5, 0.6) is 0 Å². The van der Waals surface area contributed by atoms with Crippen molar-refractivity contribution in [3.8, 4) is 0 Å². The highest BCUT2D eigenvalue weighted by Crippen LogP contribution is 2.36. The Bertz CT molecular complexity index is 1050. The number of phosphoric ester groups is 1. The molecule has 0 fully saturated rings. The second-order valence-electron chi connectivity index (χ2n) is 12.9. The van der Waals surface area contributed by atoms with Gasteiger partial charge in [0.05, 0.1) is 6.61 Å². The van der Waals surface area contributed by atoms with Gasteiger partial charge in [-0.15, -0.1) is 0 Å². The maximum atomic E-state index is 12.4. The van der Waals surface area contributed by atoms with Crippen molar-refractivity contribution < 1.29 is 37.9 Å². The van der Waals surface area contributed by atoms with Crippen LogP contribution in [0.1, 0.15) is 162 Å². The van der Waals surface area contributed by atoms with E-state index in [-0.39, 0.29) is 19.4 Å². The Balaban J connectivity index is 4.05. The Kier molecular flexibility index (Phi) is 35.4. The van der Waals surface area contributed by atoms with Crippen molar-refractivity contribution in [2.75, 3.05) is 13.2 Å². The molecule has 0 unspecified atom stereocenters. The van der Waals surface area contributed by atoms with Crippen molar-refractivity contribution in [1.82, 2.24) is 0 Å².